The van der Waals surface area contributed by atoms with Gasteiger partial charge in [-0.2, -0.15) is 0 Å². The van der Waals surface area contributed by atoms with Gasteiger partial charge < -0.3 is 5.73 Å². The first-order chi connectivity index (χ1) is 12.2. The quantitative estimate of drug-likeness (QED) is 0.471. The Morgan fingerprint density at radius 3 is 1.72 bits per heavy atom. The molecule has 0 saturated heterocycles. The molecule has 0 saturated carbocycles. The number of hydrogen-bond donors (Lipinski definition) is 1. The summed E-state index contributed by atoms with van der Waals surface area (Å²) in [6.45, 7) is 4.56. The lowest BCUT2D eigenvalue weighted by Crippen LogP contribution is -2.11. The maximum absolute atomic E-state index is 11.0. The van der Waals surface area contributed by atoms with Crippen LogP contribution < -0.4 is 5.73 Å². The molecule has 25 heavy (non-hydrogen) atoms. The number of nitrogens with two attached hydrogens (primary N) is 1. The lowest BCUT2D eigenvalue weighted by Gasteiger charge is -2.01. The van der Waals surface area contributed by atoms with Gasteiger partial charge in [-0.25, -0.2) is 0 Å². The number of rotatable bonds is 10. The van der Waals surface area contributed by atoms with Crippen LogP contribution in [0.1, 0.15) is 88.4 Å². The van der Waals surface area contributed by atoms with E-state index < -0.39 is 0 Å². The largest absolute Gasteiger partial charge is 0.366 e. The Labute approximate surface area is 153 Å². The number of carbonyl (C=O) groups excluding carboxylic acids is 1. The third-order valence-electron chi connectivity index (χ3n) is 4.51. The maximum atomic E-state index is 11.0. The van der Waals surface area contributed by atoms with Gasteiger partial charge in [0.25, 0.3) is 0 Å². The van der Waals surface area contributed by atoms with Crippen LogP contribution in [0.2, 0.25) is 0 Å². The van der Waals surface area contributed by atoms with Gasteiger partial charge in [-0.3, -0.25) is 4.79 Å². The highest BCUT2D eigenvalue weighted by molar-refractivity contribution is 6.06. The van der Waals surface area contributed by atoms with E-state index in [0.29, 0.717) is 5.56 Å². The van der Waals surface area contributed by atoms with E-state index in [2.05, 4.69) is 13.8 Å². The van der Waals surface area contributed by atoms with Crippen LogP contribution in [0, 0.1) is 0 Å². The third-order valence-corrected chi connectivity index (χ3v) is 4.51. The molecule has 2 N–H and O–H groups in total. The Hall–Kier alpha value is -1.83. The van der Waals surface area contributed by atoms with E-state index >= 15 is 0 Å². The SMILES string of the molecule is CCCCCCCCCCCC.NC(=O)c1cccc2ccccc12. The summed E-state index contributed by atoms with van der Waals surface area (Å²) >= 11 is 0. The second-order valence-corrected chi connectivity index (χ2v) is 6.72. The van der Waals surface area contributed by atoms with Crippen LogP contribution in [0.25, 0.3) is 10.8 Å². The minimum absolute atomic E-state index is 0.378. The Bertz CT molecular complexity index is 591. The normalized spacial score (nSPS) is 10.3. The van der Waals surface area contributed by atoms with Crippen LogP contribution in [-0.2, 0) is 0 Å². The lowest BCUT2D eigenvalue weighted by atomic mass is 10.0. The Morgan fingerprint density at radius 2 is 1.20 bits per heavy atom. The number of amides is 1. The van der Waals surface area contributed by atoms with E-state index in [-0.39, 0.29) is 5.91 Å². The summed E-state index contributed by atoms with van der Waals surface area (Å²) < 4.78 is 0. The molecule has 0 aromatic heterocycles. The number of benzene rings is 2. The van der Waals surface area contributed by atoms with Crippen molar-refractivity contribution in [3.05, 3.63) is 48.0 Å². The summed E-state index contributed by atoms with van der Waals surface area (Å²) in [5.74, 6) is -0.378. The van der Waals surface area contributed by atoms with Crippen molar-refractivity contribution in [2.24, 2.45) is 5.73 Å². The van der Waals surface area contributed by atoms with Crippen molar-refractivity contribution in [3.8, 4) is 0 Å². The number of unbranched alkanes of at least 4 members (excludes halogenated alkanes) is 9. The number of hydrogen-bond acceptors (Lipinski definition) is 1. The molecule has 2 aromatic rings. The van der Waals surface area contributed by atoms with E-state index in [9.17, 15) is 4.79 Å². The lowest BCUT2D eigenvalue weighted by molar-refractivity contribution is 0.100. The molecule has 2 heteroatoms. The maximum Gasteiger partial charge on any atom is 0.249 e. The Balaban J connectivity index is 0.000000252. The van der Waals surface area contributed by atoms with Crippen molar-refractivity contribution < 1.29 is 4.79 Å². The fraction of sp³-hybridized carbons (Fsp3) is 0.522. The average Bonchev–Trinajstić information content (AvgIpc) is 2.64. The highest BCUT2D eigenvalue weighted by atomic mass is 16.1. The highest BCUT2D eigenvalue weighted by Crippen LogP contribution is 2.17. The van der Waals surface area contributed by atoms with Gasteiger partial charge in [0.15, 0.2) is 0 Å². The first kappa shape index (κ1) is 21.2. The molecule has 2 nitrogen and oxygen atoms in total. The van der Waals surface area contributed by atoms with Gasteiger partial charge in [0.2, 0.25) is 5.91 Å². The zero-order chi connectivity index (χ0) is 18.3. The van der Waals surface area contributed by atoms with Crippen LogP contribution in [0.4, 0.5) is 0 Å². The van der Waals surface area contributed by atoms with E-state index in [4.69, 9.17) is 5.73 Å². The molecule has 0 atom stereocenters. The Kier molecular flexibility index (Phi) is 11.4. The van der Waals surface area contributed by atoms with Gasteiger partial charge in [-0.05, 0) is 16.8 Å². The van der Waals surface area contributed by atoms with Gasteiger partial charge in [-0.1, -0.05) is 114 Å². The molecule has 0 spiro atoms. The van der Waals surface area contributed by atoms with Crippen molar-refractivity contribution in [3.63, 3.8) is 0 Å². The number of primary amides is 1. The third kappa shape index (κ3) is 8.72. The van der Waals surface area contributed by atoms with Crippen molar-refractivity contribution in [1.29, 1.82) is 0 Å². The van der Waals surface area contributed by atoms with Crippen molar-refractivity contribution in [1.82, 2.24) is 0 Å². The number of carbonyl (C=O) groups is 1. The van der Waals surface area contributed by atoms with Gasteiger partial charge in [0.05, 0.1) is 0 Å². The van der Waals surface area contributed by atoms with Crippen molar-refractivity contribution >= 4 is 16.7 Å². The first-order valence-corrected chi connectivity index (χ1v) is 9.98. The predicted molar refractivity (Wildman–Crippen MR) is 110 cm³/mol. The van der Waals surface area contributed by atoms with Crippen LogP contribution in [-0.4, -0.2) is 5.91 Å². The van der Waals surface area contributed by atoms with Gasteiger partial charge in [0, 0.05) is 5.56 Å². The van der Waals surface area contributed by atoms with Crippen molar-refractivity contribution in [2.75, 3.05) is 0 Å². The van der Waals surface area contributed by atoms with Crippen LogP contribution in [0.15, 0.2) is 42.5 Å². The summed E-state index contributed by atoms with van der Waals surface area (Å²) in [6, 6.07) is 13.2. The van der Waals surface area contributed by atoms with Crippen LogP contribution in [0.5, 0.6) is 0 Å². The molecule has 0 bridgehead atoms. The van der Waals surface area contributed by atoms with E-state index in [0.717, 1.165) is 10.8 Å². The topological polar surface area (TPSA) is 43.1 Å². The molecule has 0 aliphatic heterocycles. The smallest absolute Gasteiger partial charge is 0.249 e. The van der Waals surface area contributed by atoms with Crippen LogP contribution in [0.3, 0.4) is 0 Å². The van der Waals surface area contributed by atoms with Crippen LogP contribution >= 0.6 is 0 Å². The summed E-state index contributed by atoms with van der Waals surface area (Å²) in [6.07, 6.45) is 14.4. The monoisotopic (exact) mass is 341 g/mol. The molecule has 2 aromatic carbocycles. The molecule has 138 valence electrons. The molecule has 0 radical (unpaired) electrons. The summed E-state index contributed by atoms with van der Waals surface area (Å²) in [7, 11) is 0. The van der Waals surface area contributed by atoms with E-state index in [1.165, 1.54) is 64.2 Å². The summed E-state index contributed by atoms with van der Waals surface area (Å²) in [5, 5.41) is 1.95. The molecule has 0 unspecified atom stereocenters. The molecule has 0 aliphatic carbocycles. The fourth-order valence-corrected chi connectivity index (χ4v) is 3.00. The van der Waals surface area contributed by atoms with Gasteiger partial charge >= 0.3 is 0 Å². The zero-order valence-corrected chi connectivity index (χ0v) is 16.1. The van der Waals surface area contributed by atoms with E-state index in [1.807, 2.05) is 36.4 Å². The summed E-state index contributed by atoms with van der Waals surface area (Å²) in [4.78, 5) is 11.0. The molecular weight excluding hydrogens is 306 g/mol. The second-order valence-electron chi connectivity index (χ2n) is 6.72. The van der Waals surface area contributed by atoms with Gasteiger partial charge in [0.1, 0.15) is 0 Å². The van der Waals surface area contributed by atoms with Crippen molar-refractivity contribution in [2.45, 2.75) is 78.1 Å². The molecule has 0 aliphatic rings. The zero-order valence-electron chi connectivity index (χ0n) is 16.1. The second kappa shape index (κ2) is 13.5. The standard InChI is InChI=1S/C12H26.C11H9NO/c1-3-5-7-9-11-12-10-8-6-4-2;12-11(13)10-7-3-5-8-4-1-2-6-9(8)10/h3-12H2,1-2H3;1-7H,(H2,12,13). The van der Waals surface area contributed by atoms with E-state index in [1.54, 1.807) is 6.07 Å². The Morgan fingerprint density at radius 1 is 0.720 bits per heavy atom. The molecule has 0 heterocycles. The molecule has 0 fully saturated rings. The predicted octanol–water partition coefficient (Wildman–Crippen LogP) is 6.87. The summed E-state index contributed by atoms with van der Waals surface area (Å²) in [5.41, 5.74) is 5.82. The average molecular weight is 342 g/mol. The molecule has 1 amide bonds. The fourth-order valence-electron chi connectivity index (χ4n) is 3.00. The molecular formula is C23H35NO. The first-order valence-electron chi connectivity index (χ1n) is 9.98. The minimum atomic E-state index is -0.378. The highest BCUT2D eigenvalue weighted by Gasteiger charge is 2.03. The number of fused-ring (bicyclic) bond motifs is 1. The van der Waals surface area contributed by atoms with Gasteiger partial charge in [-0.15, -0.1) is 0 Å². The molecule has 2 rings (SSSR count). The minimum Gasteiger partial charge on any atom is -0.366 e.